The van der Waals surface area contributed by atoms with E-state index in [1.165, 1.54) is 16.7 Å². The molecule has 0 radical (unpaired) electrons. The van der Waals surface area contributed by atoms with Gasteiger partial charge in [-0.2, -0.15) is 0 Å². The summed E-state index contributed by atoms with van der Waals surface area (Å²) in [5, 5.41) is 3.40. The van der Waals surface area contributed by atoms with E-state index in [0.29, 0.717) is 6.04 Å². The van der Waals surface area contributed by atoms with Gasteiger partial charge in [-0.25, -0.2) is 0 Å². The van der Waals surface area contributed by atoms with E-state index in [0.717, 1.165) is 10.9 Å². The molecule has 0 aliphatic carbocycles. The van der Waals surface area contributed by atoms with Gasteiger partial charge in [-0.05, 0) is 37.0 Å². The Labute approximate surface area is 131 Å². The van der Waals surface area contributed by atoms with E-state index < -0.39 is 0 Å². The van der Waals surface area contributed by atoms with Crippen molar-refractivity contribution in [2.45, 2.75) is 60.0 Å². The van der Waals surface area contributed by atoms with Crippen molar-refractivity contribution in [2.24, 2.45) is 5.92 Å². The van der Waals surface area contributed by atoms with Crippen LogP contribution in [0.5, 0.6) is 0 Å². The molecule has 0 amide bonds. The number of halogens is 1. The molecule has 0 bridgehead atoms. The number of aryl methyl sites for hydroxylation is 2. The highest BCUT2D eigenvalue weighted by Crippen LogP contribution is 2.23. The average molecular weight is 340 g/mol. The number of ketones is 1. The van der Waals surface area contributed by atoms with Gasteiger partial charge in [-0.1, -0.05) is 55.8 Å². The third-order valence-corrected chi connectivity index (χ3v) is 4.63. The van der Waals surface area contributed by atoms with Crippen LogP contribution in [0.1, 0.15) is 44.4 Å². The van der Waals surface area contributed by atoms with Crippen LogP contribution < -0.4 is 5.32 Å². The van der Waals surface area contributed by atoms with Crippen molar-refractivity contribution < 1.29 is 4.79 Å². The first-order valence-corrected chi connectivity index (χ1v) is 8.07. The average Bonchev–Trinajstić information content (AvgIpc) is 2.33. The number of benzene rings is 1. The Morgan fingerprint density at radius 3 is 2.05 bits per heavy atom. The summed E-state index contributed by atoms with van der Waals surface area (Å²) in [6.07, 6.45) is 0.754. The van der Waals surface area contributed by atoms with E-state index in [2.05, 4.69) is 61.1 Å². The van der Waals surface area contributed by atoms with Crippen LogP contribution in [-0.2, 0) is 11.2 Å². The summed E-state index contributed by atoms with van der Waals surface area (Å²) >= 11 is 3.59. The summed E-state index contributed by atoms with van der Waals surface area (Å²) in [6, 6.07) is 4.54. The quantitative estimate of drug-likeness (QED) is 0.841. The fraction of sp³-hybridized carbons (Fsp3) is 0.588. The van der Waals surface area contributed by atoms with E-state index in [1.807, 2.05) is 13.8 Å². The summed E-state index contributed by atoms with van der Waals surface area (Å²) in [5.74, 6) is 0.348. The normalized spacial score (nSPS) is 13.1. The molecule has 112 valence electrons. The van der Waals surface area contributed by atoms with E-state index in [1.54, 1.807) is 0 Å². The van der Waals surface area contributed by atoms with Gasteiger partial charge in [0.15, 0.2) is 5.78 Å². The lowest BCUT2D eigenvalue weighted by Gasteiger charge is -2.22. The second-order valence-electron chi connectivity index (χ2n) is 6.18. The van der Waals surface area contributed by atoms with Crippen LogP contribution in [0, 0.1) is 19.8 Å². The molecular formula is C17H26BrNO. The van der Waals surface area contributed by atoms with Crippen molar-refractivity contribution in [1.29, 1.82) is 0 Å². The Bertz CT molecular complexity index is 457. The number of nitrogens with one attached hydrogen (secondary N) is 1. The van der Waals surface area contributed by atoms with E-state index in [9.17, 15) is 4.79 Å². The Morgan fingerprint density at radius 2 is 1.65 bits per heavy atom. The van der Waals surface area contributed by atoms with Crippen LogP contribution in [0.3, 0.4) is 0 Å². The van der Waals surface area contributed by atoms with Crippen LogP contribution in [0.4, 0.5) is 0 Å². The van der Waals surface area contributed by atoms with Gasteiger partial charge < -0.3 is 5.32 Å². The molecule has 1 aromatic rings. The SMILES string of the molecule is Cc1cc(CC(NC(C)C)C(=O)C(C)C)cc(C)c1Br. The zero-order chi connectivity index (χ0) is 15.4. The third kappa shape index (κ3) is 4.71. The Balaban J connectivity index is 2.97. The third-order valence-electron chi connectivity index (χ3n) is 3.38. The van der Waals surface area contributed by atoms with Crippen molar-refractivity contribution in [3.63, 3.8) is 0 Å². The van der Waals surface area contributed by atoms with Crippen LogP contribution in [0.15, 0.2) is 16.6 Å². The summed E-state index contributed by atoms with van der Waals surface area (Å²) in [4.78, 5) is 12.3. The topological polar surface area (TPSA) is 29.1 Å². The second-order valence-corrected chi connectivity index (χ2v) is 6.97. The minimum absolute atomic E-state index is 0.0592. The van der Waals surface area contributed by atoms with E-state index in [4.69, 9.17) is 0 Å². The lowest BCUT2D eigenvalue weighted by molar-refractivity contribution is -0.124. The van der Waals surface area contributed by atoms with Crippen LogP contribution in [-0.4, -0.2) is 17.9 Å². The summed E-state index contributed by atoms with van der Waals surface area (Å²) in [6.45, 7) is 12.3. The van der Waals surface area contributed by atoms with E-state index in [-0.39, 0.29) is 17.7 Å². The standard InChI is InChI=1S/C17H26BrNO/c1-10(2)17(20)15(19-11(3)4)9-14-7-12(5)16(18)13(6)8-14/h7-8,10-11,15,19H,9H2,1-6H3. The van der Waals surface area contributed by atoms with Gasteiger partial charge in [0.05, 0.1) is 6.04 Å². The molecule has 20 heavy (non-hydrogen) atoms. The molecule has 0 saturated heterocycles. The van der Waals surface area contributed by atoms with Crippen LogP contribution in [0.2, 0.25) is 0 Å². The number of carbonyl (C=O) groups is 1. The minimum atomic E-state index is -0.102. The Morgan fingerprint density at radius 1 is 1.15 bits per heavy atom. The van der Waals surface area contributed by atoms with Gasteiger partial charge in [0.2, 0.25) is 0 Å². The first-order chi connectivity index (χ1) is 9.22. The zero-order valence-electron chi connectivity index (χ0n) is 13.4. The van der Waals surface area contributed by atoms with Gasteiger partial charge in [-0.15, -0.1) is 0 Å². The molecule has 1 aromatic carbocycles. The van der Waals surface area contributed by atoms with Gasteiger partial charge >= 0.3 is 0 Å². The summed E-state index contributed by atoms with van der Waals surface area (Å²) < 4.78 is 1.16. The smallest absolute Gasteiger partial charge is 0.152 e. The van der Waals surface area contributed by atoms with E-state index >= 15 is 0 Å². The van der Waals surface area contributed by atoms with Gasteiger partial charge in [-0.3, -0.25) is 4.79 Å². The molecule has 1 atom stereocenters. The highest BCUT2D eigenvalue weighted by molar-refractivity contribution is 9.10. The fourth-order valence-electron chi connectivity index (χ4n) is 2.44. The zero-order valence-corrected chi connectivity index (χ0v) is 15.0. The number of carbonyl (C=O) groups excluding carboxylic acids is 1. The number of hydrogen-bond acceptors (Lipinski definition) is 2. The van der Waals surface area contributed by atoms with Crippen LogP contribution >= 0.6 is 15.9 Å². The molecule has 0 fully saturated rings. The maximum atomic E-state index is 12.3. The fourth-order valence-corrected chi connectivity index (χ4v) is 2.66. The lowest BCUT2D eigenvalue weighted by atomic mass is 9.94. The van der Waals surface area contributed by atoms with Crippen LogP contribution in [0.25, 0.3) is 0 Å². The van der Waals surface area contributed by atoms with Crippen molar-refractivity contribution in [2.75, 3.05) is 0 Å². The van der Waals surface area contributed by atoms with Crippen molar-refractivity contribution in [1.82, 2.24) is 5.32 Å². The first-order valence-electron chi connectivity index (χ1n) is 7.27. The molecule has 0 aliphatic rings. The number of Topliss-reactive ketones (excluding diaryl/α,β-unsaturated/α-hetero) is 1. The molecule has 1 unspecified atom stereocenters. The van der Waals surface area contributed by atoms with Gasteiger partial charge in [0.25, 0.3) is 0 Å². The minimum Gasteiger partial charge on any atom is -0.305 e. The van der Waals surface area contributed by atoms with Crippen molar-refractivity contribution >= 4 is 21.7 Å². The first kappa shape index (κ1) is 17.4. The van der Waals surface area contributed by atoms with Gasteiger partial charge in [0.1, 0.15) is 0 Å². The van der Waals surface area contributed by atoms with Gasteiger partial charge in [0, 0.05) is 16.4 Å². The predicted molar refractivity (Wildman–Crippen MR) is 89.2 cm³/mol. The van der Waals surface area contributed by atoms with Crippen molar-refractivity contribution in [3.8, 4) is 0 Å². The summed E-state index contributed by atoms with van der Waals surface area (Å²) in [7, 11) is 0. The number of hydrogen-bond donors (Lipinski definition) is 1. The summed E-state index contributed by atoms with van der Waals surface area (Å²) in [5.41, 5.74) is 3.66. The maximum absolute atomic E-state index is 12.3. The van der Waals surface area contributed by atoms with Crippen molar-refractivity contribution in [3.05, 3.63) is 33.3 Å². The lowest BCUT2D eigenvalue weighted by Crippen LogP contribution is -2.44. The number of rotatable bonds is 6. The molecule has 0 aliphatic heterocycles. The molecule has 1 N–H and O–H groups in total. The monoisotopic (exact) mass is 339 g/mol. The maximum Gasteiger partial charge on any atom is 0.152 e. The largest absolute Gasteiger partial charge is 0.305 e. The Hall–Kier alpha value is -0.670. The molecule has 2 nitrogen and oxygen atoms in total. The highest BCUT2D eigenvalue weighted by atomic mass is 79.9. The molecule has 0 heterocycles. The molecule has 1 rings (SSSR count). The molecular weight excluding hydrogens is 314 g/mol. The second kappa shape index (κ2) is 7.37. The predicted octanol–water partition coefficient (Wildman–Crippen LogP) is 4.20. The Kier molecular flexibility index (Phi) is 6.41. The molecule has 0 aromatic heterocycles. The molecule has 0 spiro atoms. The molecule has 0 saturated carbocycles. The molecule has 3 heteroatoms. The highest BCUT2D eigenvalue weighted by Gasteiger charge is 2.22.